The number of aryl methyl sites for hydroxylation is 1. The van der Waals surface area contributed by atoms with Crippen molar-refractivity contribution < 1.29 is 19.8 Å². The molecule has 3 N–H and O–H groups in total. The number of carbonyl (C=O) groups is 2. The van der Waals surface area contributed by atoms with Crippen LogP contribution in [-0.4, -0.2) is 37.4 Å². The molecule has 0 aliphatic carbocycles. The number of carboxylic acids is 2. The topological polar surface area (TPSA) is 103 Å². The van der Waals surface area contributed by atoms with Crippen LogP contribution in [0.2, 0.25) is 0 Å². The van der Waals surface area contributed by atoms with E-state index in [1.54, 1.807) is 0 Å². The number of hydrogen-bond donors (Lipinski definition) is 3. The molecule has 0 aliphatic rings. The van der Waals surface area contributed by atoms with E-state index in [4.69, 9.17) is 19.8 Å². The number of aliphatic carboxylic acids is 2. The summed E-state index contributed by atoms with van der Waals surface area (Å²) in [5.74, 6) is -2.54. The molecule has 1 aromatic heterocycles. The summed E-state index contributed by atoms with van der Waals surface area (Å²) in [5.41, 5.74) is 1.63. The maximum atomic E-state index is 9.10. The van der Waals surface area contributed by atoms with Gasteiger partial charge in [0.1, 0.15) is 5.82 Å². The van der Waals surface area contributed by atoms with Gasteiger partial charge < -0.3 is 15.2 Å². The number of nitrogens with zero attached hydrogens (tertiary/aromatic N) is 1. The summed E-state index contributed by atoms with van der Waals surface area (Å²) in [6.07, 6.45) is 11.2. The van der Waals surface area contributed by atoms with Crippen molar-refractivity contribution in [1.29, 1.82) is 0 Å². The first-order chi connectivity index (χ1) is 14.1. The van der Waals surface area contributed by atoms with Crippen molar-refractivity contribution in [2.45, 2.75) is 81.8 Å². The molecule has 0 spiro atoms. The number of rotatable bonds is 9. The van der Waals surface area contributed by atoms with E-state index in [0.29, 0.717) is 5.25 Å². The van der Waals surface area contributed by atoms with Crippen LogP contribution in [0.4, 0.5) is 0 Å². The van der Waals surface area contributed by atoms with E-state index < -0.39 is 11.9 Å². The minimum atomic E-state index is -1.82. The normalized spacial score (nSPS) is 12.0. The highest BCUT2D eigenvalue weighted by atomic mass is 32.2. The van der Waals surface area contributed by atoms with Crippen LogP contribution in [-0.2, 0) is 21.4 Å². The lowest BCUT2D eigenvalue weighted by Crippen LogP contribution is -2.10. The van der Waals surface area contributed by atoms with Crippen molar-refractivity contribution >= 4 is 23.7 Å². The van der Waals surface area contributed by atoms with Crippen LogP contribution in [0.1, 0.15) is 71.2 Å². The highest BCUT2D eigenvalue weighted by Gasteiger charge is 2.15. The maximum absolute atomic E-state index is 9.10. The van der Waals surface area contributed by atoms with Crippen LogP contribution in [0, 0.1) is 0 Å². The molecule has 30 heavy (non-hydrogen) atoms. The van der Waals surface area contributed by atoms with E-state index in [-0.39, 0.29) is 5.41 Å². The van der Waals surface area contributed by atoms with Crippen LogP contribution in [0.15, 0.2) is 41.6 Å². The molecule has 0 saturated heterocycles. The number of hydrogen-bond acceptors (Lipinski definition) is 4. The molecular formula is C23H34N2O4S. The van der Waals surface area contributed by atoms with Crippen molar-refractivity contribution in [3.8, 4) is 0 Å². The average Bonchev–Trinajstić information content (AvgIpc) is 3.20. The van der Waals surface area contributed by atoms with E-state index in [1.807, 2.05) is 24.2 Å². The van der Waals surface area contributed by atoms with E-state index >= 15 is 0 Å². The fraction of sp³-hybridized carbons (Fsp3) is 0.522. The predicted molar refractivity (Wildman–Crippen MR) is 121 cm³/mol. The minimum absolute atomic E-state index is 0.225. The molecule has 1 atom stereocenters. The minimum Gasteiger partial charge on any atom is -0.473 e. The van der Waals surface area contributed by atoms with Gasteiger partial charge in [-0.1, -0.05) is 59.1 Å². The largest absolute Gasteiger partial charge is 0.473 e. The standard InChI is InChI=1S/C21H32N2S.C2H2O4/c1-5-6-7-8-18(13-14-20-22-15-16-23-20)24-19-11-9-17(10-12-19)21(2,3)4;3-1(4)2(5)6/h9-12,15-16,18H,5-8,13-14H2,1-4H3,(H,22,23);(H,3,4)(H,5,6). The van der Waals surface area contributed by atoms with Crippen LogP contribution >= 0.6 is 11.8 Å². The van der Waals surface area contributed by atoms with Crippen LogP contribution in [0.3, 0.4) is 0 Å². The Hall–Kier alpha value is -2.28. The van der Waals surface area contributed by atoms with Crippen LogP contribution in [0.25, 0.3) is 0 Å². The lowest BCUT2D eigenvalue weighted by Gasteiger charge is -2.20. The van der Waals surface area contributed by atoms with Gasteiger partial charge in [-0.25, -0.2) is 14.6 Å². The summed E-state index contributed by atoms with van der Waals surface area (Å²) < 4.78 is 0. The molecule has 0 amide bonds. The zero-order chi connectivity index (χ0) is 22.6. The van der Waals surface area contributed by atoms with E-state index in [2.05, 4.69) is 61.9 Å². The maximum Gasteiger partial charge on any atom is 0.414 e. The Morgan fingerprint density at radius 1 is 1.07 bits per heavy atom. The fourth-order valence-electron chi connectivity index (χ4n) is 2.84. The number of imidazole rings is 1. The molecule has 166 valence electrons. The molecule has 0 bridgehead atoms. The number of carboxylic acid groups (broad SMARTS) is 2. The Labute approximate surface area is 183 Å². The number of aromatic amines is 1. The number of aromatic nitrogens is 2. The molecule has 0 fully saturated rings. The van der Waals surface area contributed by atoms with Gasteiger partial charge in [-0.2, -0.15) is 0 Å². The summed E-state index contributed by atoms with van der Waals surface area (Å²) in [4.78, 5) is 27.2. The Bertz CT molecular complexity index is 741. The number of nitrogens with one attached hydrogen (secondary N) is 1. The molecule has 1 aromatic carbocycles. The SMILES string of the molecule is CCCCCC(CCc1ncc[nH]1)Sc1ccc(C(C)(C)C)cc1.O=C(O)C(=O)O. The molecule has 0 saturated carbocycles. The molecular weight excluding hydrogens is 400 g/mol. The monoisotopic (exact) mass is 434 g/mol. The summed E-state index contributed by atoms with van der Waals surface area (Å²) in [7, 11) is 0. The summed E-state index contributed by atoms with van der Waals surface area (Å²) in [6, 6.07) is 9.17. The molecule has 1 heterocycles. The van der Waals surface area contributed by atoms with Gasteiger partial charge in [0.15, 0.2) is 0 Å². The molecule has 1 unspecified atom stereocenters. The third kappa shape index (κ3) is 10.5. The second-order valence-corrected chi connectivity index (χ2v) is 9.57. The van der Waals surface area contributed by atoms with E-state index in [9.17, 15) is 0 Å². The number of unbranched alkanes of at least 4 members (excludes halogenated alkanes) is 2. The van der Waals surface area contributed by atoms with Crippen molar-refractivity contribution in [3.63, 3.8) is 0 Å². The zero-order valence-corrected chi connectivity index (χ0v) is 19.2. The summed E-state index contributed by atoms with van der Waals surface area (Å²) in [5, 5.41) is 15.5. The summed E-state index contributed by atoms with van der Waals surface area (Å²) in [6.45, 7) is 9.08. The van der Waals surface area contributed by atoms with Crippen molar-refractivity contribution in [2.24, 2.45) is 0 Å². The number of benzene rings is 1. The predicted octanol–water partition coefficient (Wildman–Crippen LogP) is 5.54. The quantitative estimate of drug-likeness (QED) is 0.272. The average molecular weight is 435 g/mol. The Balaban J connectivity index is 0.000000656. The van der Waals surface area contributed by atoms with Crippen molar-refractivity contribution in [3.05, 3.63) is 48.0 Å². The molecule has 6 nitrogen and oxygen atoms in total. The summed E-state index contributed by atoms with van der Waals surface area (Å²) >= 11 is 2.04. The van der Waals surface area contributed by atoms with Crippen molar-refractivity contribution in [1.82, 2.24) is 9.97 Å². The van der Waals surface area contributed by atoms with Crippen LogP contribution < -0.4 is 0 Å². The van der Waals surface area contributed by atoms with Gasteiger partial charge >= 0.3 is 11.9 Å². The lowest BCUT2D eigenvalue weighted by atomic mass is 9.87. The van der Waals surface area contributed by atoms with Gasteiger partial charge in [-0.15, -0.1) is 11.8 Å². The molecule has 0 aliphatic heterocycles. The number of thioether (sulfide) groups is 1. The van der Waals surface area contributed by atoms with Gasteiger partial charge in [-0.3, -0.25) is 0 Å². The first-order valence-electron chi connectivity index (χ1n) is 10.3. The van der Waals surface area contributed by atoms with Gasteiger partial charge in [0.05, 0.1) is 0 Å². The van der Waals surface area contributed by atoms with Gasteiger partial charge in [0.2, 0.25) is 0 Å². The molecule has 0 radical (unpaired) electrons. The molecule has 2 aromatic rings. The first-order valence-corrected chi connectivity index (χ1v) is 11.2. The molecule has 2 rings (SSSR count). The smallest absolute Gasteiger partial charge is 0.414 e. The number of H-pyrrole nitrogens is 1. The third-order valence-corrected chi connectivity index (χ3v) is 5.94. The van der Waals surface area contributed by atoms with Gasteiger partial charge in [0, 0.05) is 29.0 Å². The zero-order valence-electron chi connectivity index (χ0n) is 18.4. The Morgan fingerprint density at radius 2 is 1.70 bits per heavy atom. The third-order valence-electron chi connectivity index (χ3n) is 4.59. The first kappa shape index (κ1) is 25.8. The van der Waals surface area contributed by atoms with Gasteiger partial charge in [-0.05, 0) is 36.0 Å². The van der Waals surface area contributed by atoms with E-state index in [1.165, 1.54) is 42.6 Å². The Kier molecular flexibility index (Phi) is 11.3. The van der Waals surface area contributed by atoms with E-state index in [0.717, 1.165) is 12.2 Å². The highest BCUT2D eigenvalue weighted by molar-refractivity contribution is 8.00. The fourth-order valence-corrected chi connectivity index (χ4v) is 4.04. The second-order valence-electron chi connectivity index (χ2n) is 8.19. The Morgan fingerprint density at radius 3 is 2.17 bits per heavy atom. The highest BCUT2D eigenvalue weighted by Crippen LogP contribution is 2.32. The van der Waals surface area contributed by atoms with Gasteiger partial charge in [0.25, 0.3) is 0 Å². The van der Waals surface area contributed by atoms with Crippen molar-refractivity contribution in [2.75, 3.05) is 0 Å². The second kappa shape index (κ2) is 13.1. The van der Waals surface area contributed by atoms with Crippen LogP contribution in [0.5, 0.6) is 0 Å². The lowest BCUT2D eigenvalue weighted by molar-refractivity contribution is -0.159. The molecule has 7 heteroatoms.